The number of fused-ring (bicyclic) bond motifs is 1. The van der Waals surface area contributed by atoms with Gasteiger partial charge in [0, 0.05) is 32.0 Å². The van der Waals surface area contributed by atoms with E-state index in [1.54, 1.807) is 17.2 Å². The van der Waals surface area contributed by atoms with Crippen LogP contribution in [0.25, 0.3) is 0 Å². The normalized spacial score (nSPS) is 14.1. The van der Waals surface area contributed by atoms with Gasteiger partial charge < -0.3 is 9.47 Å². The molecule has 0 spiro atoms. The van der Waals surface area contributed by atoms with E-state index in [9.17, 15) is 9.18 Å². The minimum Gasteiger partial charge on any atom is -0.331 e. The lowest BCUT2D eigenvalue weighted by Crippen LogP contribution is -2.37. The van der Waals surface area contributed by atoms with Gasteiger partial charge in [-0.15, -0.1) is 0 Å². The second-order valence-electron chi connectivity index (χ2n) is 5.37. The van der Waals surface area contributed by atoms with Crippen molar-refractivity contribution in [2.24, 2.45) is 0 Å². The van der Waals surface area contributed by atoms with Crippen LogP contribution in [0, 0.1) is 12.7 Å². The zero-order valence-electron chi connectivity index (χ0n) is 12.3. The minimum atomic E-state index is -0.201. The van der Waals surface area contributed by atoms with E-state index in [1.807, 2.05) is 24.6 Å². The van der Waals surface area contributed by atoms with Crippen molar-refractivity contribution in [2.75, 3.05) is 6.54 Å². The third kappa shape index (κ3) is 2.44. The predicted molar refractivity (Wildman–Crippen MR) is 77.5 cm³/mol. The van der Waals surface area contributed by atoms with Crippen molar-refractivity contribution < 1.29 is 9.18 Å². The van der Waals surface area contributed by atoms with Crippen molar-refractivity contribution >= 4 is 5.91 Å². The highest BCUT2D eigenvalue weighted by molar-refractivity contribution is 5.91. The Morgan fingerprint density at radius 2 is 2.24 bits per heavy atom. The topological polar surface area (TPSA) is 38.1 Å². The number of hydrogen-bond donors (Lipinski definition) is 0. The highest BCUT2D eigenvalue weighted by atomic mass is 19.1. The summed E-state index contributed by atoms with van der Waals surface area (Å²) in [6.45, 7) is 5.72. The molecule has 0 atom stereocenters. The van der Waals surface area contributed by atoms with Gasteiger partial charge in [0.2, 0.25) is 0 Å². The summed E-state index contributed by atoms with van der Waals surface area (Å²) >= 11 is 0. The molecule has 0 aliphatic carbocycles. The Labute approximate surface area is 123 Å². The third-order valence-electron chi connectivity index (χ3n) is 4.06. The van der Waals surface area contributed by atoms with Crippen LogP contribution >= 0.6 is 0 Å². The highest BCUT2D eigenvalue weighted by Crippen LogP contribution is 2.24. The molecule has 3 rings (SSSR count). The van der Waals surface area contributed by atoms with Gasteiger partial charge in [0.1, 0.15) is 5.82 Å². The molecular weight excluding hydrogens is 269 g/mol. The van der Waals surface area contributed by atoms with Crippen LogP contribution in [-0.2, 0) is 19.5 Å². The van der Waals surface area contributed by atoms with Crippen LogP contribution in [-0.4, -0.2) is 26.9 Å². The number of nitrogens with zero attached hydrogens (tertiary/aromatic N) is 3. The number of carbonyl (C=O) groups excluding carboxylic acids is 1. The Morgan fingerprint density at radius 3 is 3.00 bits per heavy atom. The summed E-state index contributed by atoms with van der Waals surface area (Å²) in [4.78, 5) is 18.6. The smallest absolute Gasteiger partial charge is 0.290 e. The van der Waals surface area contributed by atoms with E-state index < -0.39 is 0 Å². The largest absolute Gasteiger partial charge is 0.331 e. The van der Waals surface area contributed by atoms with Crippen molar-refractivity contribution in [2.45, 2.75) is 33.4 Å². The Hall–Kier alpha value is -2.17. The molecule has 0 bridgehead atoms. The van der Waals surface area contributed by atoms with E-state index in [0.29, 0.717) is 25.3 Å². The van der Waals surface area contributed by atoms with E-state index in [2.05, 4.69) is 4.98 Å². The van der Waals surface area contributed by atoms with Gasteiger partial charge >= 0.3 is 0 Å². The minimum absolute atomic E-state index is 0.0591. The van der Waals surface area contributed by atoms with Crippen LogP contribution in [0.1, 0.15) is 34.2 Å². The summed E-state index contributed by atoms with van der Waals surface area (Å²) in [7, 11) is 0. The van der Waals surface area contributed by atoms with Crippen molar-refractivity contribution in [3.63, 3.8) is 0 Å². The van der Waals surface area contributed by atoms with Crippen molar-refractivity contribution in [1.29, 1.82) is 0 Å². The van der Waals surface area contributed by atoms with Crippen molar-refractivity contribution in [3.05, 3.63) is 52.9 Å². The third-order valence-corrected chi connectivity index (χ3v) is 4.06. The molecule has 1 aliphatic heterocycles. The molecule has 5 heteroatoms. The molecule has 1 aliphatic rings. The maximum absolute atomic E-state index is 13.4. The molecule has 0 saturated carbocycles. The fourth-order valence-electron chi connectivity index (χ4n) is 2.89. The standard InChI is InChI=1S/C16H18FN3O/c1-3-19-7-5-18-15(19)16(21)20-6-4-12-9-13(17)8-11(2)14(12)10-20/h5,7-9H,3-4,6,10H2,1-2H3. The number of carbonyl (C=O) groups is 1. The number of imidazole rings is 1. The Balaban J connectivity index is 1.88. The molecule has 1 amide bonds. The first kappa shape index (κ1) is 13.8. The fourth-order valence-corrected chi connectivity index (χ4v) is 2.89. The van der Waals surface area contributed by atoms with E-state index >= 15 is 0 Å². The number of aromatic nitrogens is 2. The van der Waals surface area contributed by atoms with Gasteiger partial charge in [-0.3, -0.25) is 4.79 Å². The van der Waals surface area contributed by atoms with Crippen LogP contribution in [0.15, 0.2) is 24.5 Å². The first-order chi connectivity index (χ1) is 10.1. The van der Waals surface area contributed by atoms with Crippen LogP contribution in [0.4, 0.5) is 4.39 Å². The molecule has 110 valence electrons. The summed E-state index contributed by atoms with van der Waals surface area (Å²) in [5, 5.41) is 0. The Bertz CT molecular complexity index is 693. The zero-order chi connectivity index (χ0) is 15.0. The maximum atomic E-state index is 13.4. The number of amides is 1. The van der Waals surface area contributed by atoms with Gasteiger partial charge in [-0.25, -0.2) is 9.37 Å². The van der Waals surface area contributed by atoms with Crippen molar-refractivity contribution in [1.82, 2.24) is 14.5 Å². The molecule has 1 aromatic heterocycles. The van der Waals surface area contributed by atoms with Crippen LogP contribution in [0.2, 0.25) is 0 Å². The summed E-state index contributed by atoms with van der Waals surface area (Å²) in [6, 6.07) is 3.11. The molecule has 4 nitrogen and oxygen atoms in total. The van der Waals surface area contributed by atoms with Crippen LogP contribution in [0.3, 0.4) is 0 Å². The Morgan fingerprint density at radius 1 is 1.43 bits per heavy atom. The van der Waals surface area contributed by atoms with E-state index in [0.717, 1.165) is 23.2 Å². The van der Waals surface area contributed by atoms with E-state index in [-0.39, 0.29) is 11.7 Å². The molecule has 1 aromatic carbocycles. The van der Waals surface area contributed by atoms with Gasteiger partial charge in [0.25, 0.3) is 5.91 Å². The summed E-state index contributed by atoms with van der Waals surface area (Å²) in [5.74, 6) is 0.212. The quantitative estimate of drug-likeness (QED) is 0.851. The van der Waals surface area contributed by atoms with E-state index in [1.165, 1.54) is 6.07 Å². The molecule has 2 aromatic rings. The van der Waals surface area contributed by atoms with Crippen molar-refractivity contribution in [3.8, 4) is 0 Å². The van der Waals surface area contributed by atoms with Crippen LogP contribution < -0.4 is 0 Å². The number of benzene rings is 1. The SMILES string of the molecule is CCn1ccnc1C(=O)N1CCc2cc(F)cc(C)c2C1. The molecule has 0 N–H and O–H groups in total. The summed E-state index contributed by atoms with van der Waals surface area (Å²) < 4.78 is 15.3. The Kier molecular flexibility index (Phi) is 3.49. The fraction of sp³-hybridized carbons (Fsp3) is 0.375. The molecule has 0 radical (unpaired) electrons. The number of rotatable bonds is 2. The highest BCUT2D eigenvalue weighted by Gasteiger charge is 2.25. The average Bonchev–Trinajstić information content (AvgIpc) is 2.94. The van der Waals surface area contributed by atoms with Gasteiger partial charge in [0.15, 0.2) is 5.82 Å². The maximum Gasteiger partial charge on any atom is 0.290 e. The van der Waals surface area contributed by atoms with Gasteiger partial charge in [-0.2, -0.15) is 0 Å². The lowest BCUT2D eigenvalue weighted by atomic mass is 9.95. The lowest BCUT2D eigenvalue weighted by molar-refractivity contribution is 0.0717. The van der Waals surface area contributed by atoms with Gasteiger partial charge in [-0.1, -0.05) is 0 Å². The summed E-state index contributed by atoms with van der Waals surface area (Å²) in [6.07, 6.45) is 4.15. The van der Waals surface area contributed by atoms with E-state index in [4.69, 9.17) is 0 Å². The first-order valence-electron chi connectivity index (χ1n) is 7.18. The molecule has 2 heterocycles. The predicted octanol–water partition coefficient (Wildman–Crippen LogP) is 2.55. The molecule has 0 fully saturated rings. The molecule has 0 unspecified atom stereocenters. The zero-order valence-corrected chi connectivity index (χ0v) is 12.3. The first-order valence-corrected chi connectivity index (χ1v) is 7.18. The lowest BCUT2D eigenvalue weighted by Gasteiger charge is -2.30. The molecular formula is C16H18FN3O. The molecule has 0 saturated heterocycles. The number of hydrogen-bond acceptors (Lipinski definition) is 2. The summed E-state index contributed by atoms with van der Waals surface area (Å²) in [5.41, 5.74) is 2.97. The second-order valence-corrected chi connectivity index (χ2v) is 5.37. The monoisotopic (exact) mass is 287 g/mol. The van der Waals surface area contributed by atoms with Gasteiger partial charge in [-0.05, 0) is 49.1 Å². The number of halogens is 1. The second kappa shape index (κ2) is 5.31. The average molecular weight is 287 g/mol. The number of aryl methyl sites for hydroxylation is 2. The van der Waals surface area contributed by atoms with Gasteiger partial charge in [0.05, 0.1) is 0 Å². The molecule has 21 heavy (non-hydrogen) atoms. The van der Waals surface area contributed by atoms with Crippen LogP contribution in [0.5, 0.6) is 0 Å².